The van der Waals surface area contributed by atoms with E-state index in [1.807, 2.05) is 49.4 Å². The van der Waals surface area contributed by atoms with Crippen molar-refractivity contribution in [2.24, 2.45) is 5.10 Å². The number of anilines is 1. The number of benzene rings is 2. The summed E-state index contributed by atoms with van der Waals surface area (Å²) in [5, 5.41) is 13.5. The molecule has 2 N–H and O–H groups in total. The van der Waals surface area contributed by atoms with Crippen LogP contribution in [0.25, 0.3) is 22.1 Å². The van der Waals surface area contributed by atoms with E-state index in [1.165, 1.54) is 0 Å². The Labute approximate surface area is 143 Å². The number of fused-ring (bicyclic) bond motifs is 3. The van der Waals surface area contributed by atoms with Gasteiger partial charge in [0.1, 0.15) is 11.3 Å². The fraction of sp³-hybridized carbons (Fsp3) is 0.111. The summed E-state index contributed by atoms with van der Waals surface area (Å²) in [5.41, 5.74) is 7.31. The van der Waals surface area contributed by atoms with Crippen LogP contribution in [-0.4, -0.2) is 33.5 Å². The van der Waals surface area contributed by atoms with Gasteiger partial charge >= 0.3 is 0 Å². The van der Waals surface area contributed by atoms with Gasteiger partial charge in [-0.2, -0.15) is 10.1 Å². The summed E-state index contributed by atoms with van der Waals surface area (Å²) in [6, 6.07) is 13.6. The minimum Gasteiger partial charge on any atom is -0.497 e. The quantitative estimate of drug-likeness (QED) is 0.442. The Bertz CT molecular complexity index is 1090. The van der Waals surface area contributed by atoms with Crippen LogP contribution in [0.1, 0.15) is 11.1 Å². The van der Waals surface area contributed by atoms with Crippen molar-refractivity contribution in [3.05, 3.63) is 53.6 Å². The molecular weight excluding hydrogens is 316 g/mol. The number of hydrogen-bond acceptors (Lipinski definition) is 6. The lowest BCUT2D eigenvalue weighted by molar-refractivity contribution is 0.415. The molecule has 2 heterocycles. The molecule has 7 heteroatoms. The summed E-state index contributed by atoms with van der Waals surface area (Å²) in [4.78, 5) is 7.73. The minimum atomic E-state index is 0.329. The number of rotatable bonds is 4. The Balaban J connectivity index is 1.60. The number of ether oxygens (including phenoxy) is 1. The van der Waals surface area contributed by atoms with E-state index in [9.17, 15) is 0 Å². The number of hydrogen-bond donors (Lipinski definition) is 2. The van der Waals surface area contributed by atoms with Gasteiger partial charge in [0, 0.05) is 5.39 Å². The van der Waals surface area contributed by atoms with E-state index in [1.54, 1.807) is 13.3 Å². The molecule has 0 unspecified atom stereocenters. The van der Waals surface area contributed by atoms with Gasteiger partial charge in [-0.25, -0.2) is 5.43 Å². The van der Waals surface area contributed by atoms with E-state index in [2.05, 4.69) is 30.7 Å². The summed E-state index contributed by atoms with van der Waals surface area (Å²) in [5.74, 6) is 1.10. The van der Waals surface area contributed by atoms with Gasteiger partial charge in [0.15, 0.2) is 5.65 Å². The van der Waals surface area contributed by atoms with Crippen LogP contribution in [-0.2, 0) is 0 Å². The first-order valence-electron chi connectivity index (χ1n) is 7.79. The monoisotopic (exact) mass is 332 g/mol. The highest BCUT2D eigenvalue weighted by Gasteiger charge is 2.09. The van der Waals surface area contributed by atoms with E-state index in [0.717, 1.165) is 33.3 Å². The van der Waals surface area contributed by atoms with Crippen molar-refractivity contribution in [2.45, 2.75) is 6.92 Å². The molecule has 124 valence electrons. The van der Waals surface area contributed by atoms with E-state index >= 15 is 0 Å². The Kier molecular flexibility index (Phi) is 3.74. The highest BCUT2D eigenvalue weighted by atomic mass is 16.5. The minimum absolute atomic E-state index is 0.329. The van der Waals surface area contributed by atoms with Crippen LogP contribution in [0.5, 0.6) is 5.75 Å². The lowest BCUT2D eigenvalue weighted by Crippen LogP contribution is -1.99. The summed E-state index contributed by atoms with van der Waals surface area (Å²) >= 11 is 0. The Morgan fingerprint density at radius 3 is 2.92 bits per heavy atom. The van der Waals surface area contributed by atoms with E-state index in [-0.39, 0.29) is 0 Å². The van der Waals surface area contributed by atoms with Gasteiger partial charge in [-0.15, -0.1) is 10.2 Å². The predicted molar refractivity (Wildman–Crippen MR) is 98.1 cm³/mol. The third kappa shape index (κ3) is 2.87. The van der Waals surface area contributed by atoms with Gasteiger partial charge in [0.2, 0.25) is 0 Å². The average molecular weight is 332 g/mol. The topological polar surface area (TPSA) is 88.1 Å². The number of nitrogens with one attached hydrogen (secondary N) is 2. The fourth-order valence-corrected chi connectivity index (χ4v) is 2.68. The number of aryl methyl sites for hydroxylation is 1. The number of para-hydroxylation sites is 1. The van der Waals surface area contributed by atoms with Crippen molar-refractivity contribution in [1.29, 1.82) is 0 Å². The van der Waals surface area contributed by atoms with E-state index in [0.29, 0.717) is 11.6 Å². The number of H-pyrrole nitrogens is 1. The molecule has 25 heavy (non-hydrogen) atoms. The summed E-state index contributed by atoms with van der Waals surface area (Å²) in [6.07, 6.45) is 1.67. The maximum atomic E-state index is 5.19. The average Bonchev–Trinajstić information content (AvgIpc) is 3.01. The zero-order valence-electron chi connectivity index (χ0n) is 13.8. The van der Waals surface area contributed by atoms with Crippen LogP contribution in [0.4, 0.5) is 5.95 Å². The van der Waals surface area contributed by atoms with Crippen LogP contribution < -0.4 is 10.2 Å². The highest BCUT2D eigenvalue weighted by Crippen LogP contribution is 2.24. The van der Waals surface area contributed by atoms with E-state index < -0.39 is 0 Å². The predicted octanol–water partition coefficient (Wildman–Crippen LogP) is 3.27. The first kappa shape index (κ1) is 15.1. The van der Waals surface area contributed by atoms with E-state index in [4.69, 9.17) is 4.74 Å². The second-order valence-electron chi connectivity index (χ2n) is 5.60. The number of methoxy groups -OCH3 is 1. The Morgan fingerprint density at radius 1 is 1.16 bits per heavy atom. The molecule has 7 nitrogen and oxygen atoms in total. The number of aromatic nitrogens is 4. The molecule has 0 bridgehead atoms. The summed E-state index contributed by atoms with van der Waals surface area (Å²) in [6.45, 7) is 2.04. The van der Waals surface area contributed by atoms with Gasteiger partial charge in [-0.05, 0) is 30.2 Å². The number of hydrazone groups is 1. The van der Waals surface area contributed by atoms with Gasteiger partial charge < -0.3 is 9.72 Å². The van der Waals surface area contributed by atoms with Crippen LogP contribution in [0.15, 0.2) is 47.6 Å². The molecule has 0 aliphatic heterocycles. The van der Waals surface area contributed by atoms with Crippen LogP contribution >= 0.6 is 0 Å². The largest absolute Gasteiger partial charge is 0.497 e. The Hall–Kier alpha value is -3.48. The lowest BCUT2D eigenvalue weighted by Gasteiger charge is -2.00. The SMILES string of the molecule is COc1cccc(C=NNc2nnc3c(n2)[nH]c2c(C)cccc23)c1. The van der Waals surface area contributed by atoms with Gasteiger partial charge in [0.25, 0.3) is 5.95 Å². The molecule has 0 spiro atoms. The van der Waals surface area contributed by atoms with Crippen molar-refractivity contribution in [2.75, 3.05) is 12.5 Å². The third-order valence-corrected chi connectivity index (χ3v) is 3.93. The second kappa shape index (κ2) is 6.20. The standard InChI is InChI=1S/C18H16N6O/c1-11-5-3-8-14-15(11)20-17-16(14)22-24-18(21-17)23-19-10-12-6-4-7-13(9-12)25-2/h3-10H,1-2H3,(H2,20,21,23,24). The molecule has 0 saturated carbocycles. The highest BCUT2D eigenvalue weighted by molar-refractivity contribution is 6.04. The lowest BCUT2D eigenvalue weighted by atomic mass is 10.1. The molecule has 0 aliphatic carbocycles. The van der Waals surface area contributed by atoms with Crippen molar-refractivity contribution < 1.29 is 4.74 Å². The summed E-state index contributed by atoms with van der Waals surface area (Å²) < 4.78 is 5.19. The summed E-state index contributed by atoms with van der Waals surface area (Å²) in [7, 11) is 1.63. The molecule has 4 aromatic rings. The van der Waals surface area contributed by atoms with Gasteiger partial charge in [-0.1, -0.05) is 30.3 Å². The molecule has 0 atom stereocenters. The first-order chi connectivity index (χ1) is 12.2. The molecule has 0 fully saturated rings. The third-order valence-electron chi connectivity index (χ3n) is 3.93. The van der Waals surface area contributed by atoms with Gasteiger partial charge in [0.05, 0.1) is 18.8 Å². The van der Waals surface area contributed by atoms with Crippen molar-refractivity contribution in [3.8, 4) is 5.75 Å². The molecule has 0 amide bonds. The fourth-order valence-electron chi connectivity index (χ4n) is 2.68. The van der Waals surface area contributed by atoms with Crippen LogP contribution in [0.2, 0.25) is 0 Å². The molecule has 4 rings (SSSR count). The van der Waals surface area contributed by atoms with Crippen molar-refractivity contribution in [3.63, 3.8) is 0 Å². The van der Waals surface area contributed by atoms with Crippen LogP contribution in [0, 0.1) is 6.92 Å². The molecule has 0 radical (unpaired) electrons. The van der Waals surface area contributed by atoms with Crippen molar-refractivity contribution in [1.82, 2.24) is 20.2 Å². The van der Waals surface area contributed by atoms with Crippen molar-refractivity contribution >= 4 is 34.2 Å². The maximum Gasteiger partial charge on any atom is 0.265 e. The molecule has 0 saturated heterocycles. The first-order valence-corrected chi connectivity index (χ1v) is 7.79. The Morgan fingerprint density at radius 2 is 2.04 bits per heavy atom. The van der Waals surface area contributed by atoms with Crippen LogP contribution in [0.3, 0.4) is 0 Å². The smallest absolute Gasteiger partial charge is 0.265 e. The number of nitrogens with zero attached hydrogens (tertiary/aromatic N) is 4. The second-order valence-corrected chi connectivity index (χ2v) is 5.60. The molecule has 0 aliphatic rings. The van der Waals surface area contributed by atoms with Gasteiger partial charge in [-0.3, -0.25) is 0 Å². The maximum absolute atomic E-state index is 5.19. The molecule has 2 aromatic heterocycles. The zero-order valence-corrected chi connectivity index (χ0v) is 13.8. The number of aromatic amines is 1. The zero-order chi connectivity index (χ0) is 17.2. The normalized spacial score (nSPS) is 11.4. The molecule has 2 aromatic carbocycles. The molecular formula is C18H16N6O.